The van der Waals surface area contributed by atoms with Crippen molar-refractivity contribution in [2.45, 2.75) is 20.3 Å². The van der Waals surface area contributed by atoms with Gasteiger partial charge in [-0.25, -0.2) is 5.43 Å². The van der Waals surface area contributed by atoms with Crippen molar-refractivity contribution < 1.29 is 9.90 Å². The second kappa shape index (κ2) is 6.16. The van der Waals surface area contributed by atoms with Gasteiger partial charge in [0.25, 0.3) is 5.91 Å². The van der Waals surface area contributed by atoms with Crippen LogP contribution in [0.4, 0.5) is 0 Å². The fourth-order valence-electron chi connectivity index (χ4n) is 1.02. The number of hydrazone groups is 1. The summed E-state index contributed by atoms with van der Waals surface area (Å²) in [7, 11) is 0. The average molecular weight is 364 g/mol. The summed E-state index contributed by atoms with van der Waals surface area (Å²) in [5.41, 5.74) is 3.37. The highest BCUT2D eigenvalue weighted by Crippen LogP contribution is 2.31. The molecule has 2 N–H and O–H groups in total. The van der Waals surface area contributed by atoms with E-state index in [1.54, 1.807) is 6.07 Å². The van der Waals surface area contributed by atoms with Crippen LogP contribution in [0.15, 0.2) is 26.2 Å². The highest BCUT2D eigenvalue weighted by molar-refractivity contribution is 9.11. The number of hydrogen-bond acceptors (Lipinski definition) is 3. The normalized spacial score (nSPS) is 11.4. The Labute approximate surface area is 116 Å². The third kappa shape index (κ3) is 3.81. The van der Waals surface area contributed by atoms with Crippen molar-refractivity contribution in [3.05, 3.63) is 26.6 Å². The SMILES string of the molecule is CCC(C)=NNC(=O)c1cc(Br)cc(Br)c1O. The zero-order chi connectivity index (χ0) is 13.0. The van der Waals surface area contributed by atoms with E-state index >= 15 is 0 Å². The second-order valence-corrected chi connectivity index (χ2v) is 5.20. The van der Waals surface area contributed by atoms with Crippen LogP contribution in [0.25, 0.3) is 0 Å². The minimum atomic E-state index is -0.447. The predicted molar refractivity (Wildman–Crippen MR) is 74.4 cm³/mol. The topological polar surface area (TPSA) is 61.7 Å². The van der Waals surface area contributed by atoms with Gasteiger partial charge in [0, 0.05) is 10.2 Å². The summed E-state index contributed by atoms with van der Waals surface area (Å²) in [5.74, 6) is -0.549. The van der Waals surface area contributed by atoms with Gasteiger partial charge in [-0.15, -0.1) is 0 Å². The molecule has 1 aromatic rings. The van der Waals surface area contributed by atoms with Crippen molar-refractivity contribution in [3.8, 4) is 5.75 Å². The molecule has 0 unspecified atom stereocenters. The maximum Gasteiger partial charge on any atom is 0.275 e. The molecule has 17 heavy (non-hydrogen) atoms. The lowest BCUT2D eigenvalue weighted by molar-refractivity contribution is 0.0952. The number of carbonyl (C=O) groups excluding carboxylic acids is 1. The minimum absolute atomic E-state index is 0.102. The number of phenols is 1. The number of nitrogens with zero attached hydrogens (tertiary/aromatic N) is 1. The lowest BCUT2D eigenvalue weighted by Gasteiger charge is -2.06. The van der Waals surface area contributed by atoms with Crippen LogP contribution in [-0.4, -0.2) is 16.7 Å². The van der Waals surface area contributed by atoms with Crippen LogP contribution < -0.4 is 5.43 Å². The first kappa shape index (κ1) is 14.2. The number of halogens is 2. The summed E-state index contributed by atoms with van der Waals surface area (Å²) >= 11 is 6.42. The fourth-order valence-corrected chi connectivity index (χ4v) is 2.25. The number of amides is 1. The van der Waals surface area contributed by atoms with E-state index in [2.05, 4.69) is 42.4 Å². The van der Waals surface area contributed by atoms with Crippen molar-refractivity contribution in [1.82, 2.24) is 5.43 Å². The van der Waals surface area contributed by atoms with Crippen molar-refractivity contribution in [2.24, 2.45) is 5.10 Å². The van der Waals surface area contributed by atoms with Gasteiger partial charge in [0.2, 0.25) is 0 Å². The Morgan fingerprint density at radius 3 is 2.71 bits per heavy atom. The minimum Gasteiger partial charge on any atom is -0.506 e. The standard InChI is InChI=1S/C11H12Br2N2O2/c1-3-6(2)14-15-11(17)8-4-7(12)5-9(13)10(8)16/h4-5,16H,3H2,1-2H3,(H,15,17). The molecule has 0 atom stereocenters. The van der Waals surface area contributed by atoms with Gasteiger partial charge >= 0.3 is 0 Å². The van der Waals surface area contributed by atoms with E-state index in [1.807, 2.05) is 13.8 Å². The monoisotopic (exact) mass is 362 g/mol. The Kier molecular flexibility index (Phi) is 5.14. The summed E-state index contributed by atoms with van der Waals surface area (Å²) in [4.78, 5) is 11.8. The number of hydrogen-bond donors (Lipinski definition) is 2. The van der Waals surface area contributed by atoms with E-state index in [1.165, 1.54) is 6.07 Å². The van der Waals surface area contributed by atoms with E-state index in [0.29, 0.717) is 8.95 Å². The van der Waals surface area contributed by atoms with E-state index < -0.39 is 5.91 Å². The predicted octanol–water partition coefficient (Wildman–Crippen LogP) is 3.43. The highest BCUT2D eigenvalue weighted by Gasteiger charge is 2.14. The lowest BCUT2D eigenvalue weighted by atomic mass is 10.2. The number of rotatable bonds is 3. The van der Waals surface area contributed by atoms with Crippen LogP contribution in [0.5, 0.6) is 5.75 Å². The smallest absolute Gasteiger partial charge is 0.275 e. The number of benzene rings is 1. The number of phenolic OH excluding ortho intramolecular Hbond substituents is 1. The largest absolute Gasteiger partial charge is 0.506 e. The molecular formula is C11H12Br2N2O2. The maximum atomic E-state index is 11.8. The van der Waals surface area contributed by atoms with Crippen LogP contribution in [0.3, 0.4) is 0 Å². The van der Waals surface area contributed by atoms with Gasteiger partial charge in [-0.3, -0.25) is 4.79 Å². The lowest BCUT2D eigenvalue weighted by Crippen LogP contribution is -2.19. The molecule has 0 fully saturated rings. The highest BCUT2D eigenvalue weighted by atomic mass is 79.9. The first-order valence-electron chi connectivity index (χ1n) is 4.97. The maximum absolute atomic E-state index is 11.8. The molecule has 0 saturated carbocycles. The quantitative estimate of drug-likeness (QED) is 0.638. The van der Waals surface area contributed by atoms with Crippen molar-refractivity contribution >= 4 is 43.5 Å². The Morgan fingerprint density at radius 2 is 2.12 bits per heavy atom. The molecule has 0 bridgehead atoms. The Morgan fingerprint density at radius 1 is 1.47 bits per heavy atom. The van der Waals surface area contributed by atoms with E-state index in [0.717, 1.165) is 12.1 Å². The molecule has 1 aromatic carbocycles. The van der Waals surface area contributed by atoms with Crippen LogP contribution in [0.2, 0.25) is 0 Å². The van der Waals surface area contributed by atoms with Crippen LogP contribution >= 0.6 is 31.9 Å². The summed E-state index contributed by atoms with van der Waals surface area (Å²) in [6.07, 6.45) is 0.758. The van der Waals surface area contributed by atoms with Gasteiger partial charge in [0.15, 0.2) is 0 Å². The molecule has 1 rings (SSSR count). The molecule has 0 heterocycles. The molecule has 0 radical (unpaired) electrons. The number of aromatic hydroxyl groups is 1. The van der Waals surface area contributed by atoms with Gasteiger partial charge in [-0.05, 0) is 41.4 Å². The Hall–Kier alpha value is -0.880. The fraction of sp³-hybridized carbons (Fsp3) is 0.273. The first-order valence-corrected chi connectivity index (χ1v) is 6.55. The third-order valence-corrected chi connectivity index (χ3v) is 3.20. The summed E-state index contributed by atoms with van der Waals surface area (Å²) < 4.78 is 1.15. The molecule has 0 aliphatic rings. The molecular weight excluding hydrogens is 352 g/mol. The van der Waals surface area contributed by atoms with Gasteiger partial charge < -0.3 is 5.11 Å². The van der Waals surface area contributed by atoms with Crippen LogP contribution in [-0.2, 0) is 0 Å². The Balaban J connectivity index is 2.97. The van der Waals surface area contributed by atoms with Crippen LogP contribution in [0, 0.1) is 0 Å². The molecule has 0 aromatic heterocycles. The third-order valence-electron chi connectivity index (χ3n) is 2.13. The van der Waals surface area contributed by atoms with E-state index in [9.17, 15) is 9.90 Å². The molecule has 0 aliphatic heterocycles. The molecule has 0 saturated heterocycles. The van der Waals surface area contributed by atoms with E-state index in [-0.39, 0.29) is 11.3 Å². The second-order valence-electron chi connectivity index (χ2n) is 3.43. The summed E-state index contributed by atoms with van der Waals surface area (Å²) in [6, 6.07) is 3.19. The number of carbonyl (C=O) groups is 1. The van der Waals surface area contributed by atoms with Gasteiger partial charge in [-0.1, -0.05) is 22.9 Å². The van der Waals surface area contributed by atoms with Gasteiger partial charge in [0.1, 0.15) is 5.75 Å². The van der Waals surface area contributed by atoms with E-state index in [4.69, 9.17) is 0 Å². The molecule has 0 aliphatic carbocycles. The number of nitrogens with one attached hydrogen (secondary N) is 1. The first-order chi connectivity index (χ1) is 7.95. The summed E-state index contributed by atoms with van der Waals surface area (Å²) in [6.45, 7) is 3.76. The van der Waals surface area contributed by atoms with Gasteiger partial charge in [0.05, 0.1) is 10.0 Å². The molecule has 0 spiro atoms. The van der Waals surface area contributed by atoms with Gasteiger partial charge in [-0.2, -0.15) is 5.10 Å². The Bertz CT molecular complexity index is 473. The zero-order valence-corrected chi connectivity index (χ0v) is 12.6. The molecule has 6 heteroatoms. The molecule has 1 amide bonds. The summed E-state index contributed by atoms with van der Waals surface area (Å²) in [5, 5.41) is 13.6. The van der Waals surface area contributed by atoms with Crippen molar-refractivity contribution in [1.29, 1.82) is 0 Å². The van der Waals surface area contributed by atoms with Crippen molar-refractivity contribution in [2.75, 3.05) is 0 Å². The van der Waals surface area contributed by atoms with Crippen molar-refractivity contribution in [3.63, 3.8) is 0 Å². The van der Waals surface area contributed by atoms with Crippen LogP contribution in [0.1, 0.15) is 30.6 Å². The molecule has 92 valence electrons. The average Bonchev–Trinajstić information content (AvgIpc) is 2.30. The zero-order valence-electron chi connectivity index (χ0n) is 9.42. The molecule has 4 nitrogen and oxygen atoms in total.